The van der Waals surface area contributed by atoms with E-state index in [0.29, 0.717) is 11.4 Å². The van der Waals surface area contributed by atoms with Crippen LogP contribution < -0.4 is 9.62 Å². The van der Waals surface area contributed by atoms with Gasteiger partial charge in [0, 0.05) is 5.02 Å². The van der Waals surface area contributed by atoms with Crippen molar-refractivity contribution in [2.45, 2.75) is 39.3 Å². The lowest BCUT2D eigenvalue weighted by atomic mass is 10.0. The quantitative estimate of drug-likeness (QED) is 0.673. The first-order chi connectivity index (χ1) is 13.0. The molecule has 0 fully saturated rings. The summed E-state index contributed by atoms with van der Waals surface area (Å²) in [5.74, 6) is -0.422. The zero-order valence-corrected chi connectivity index (χ0v) is 18.6. The predicted octanol–water partition coefficient (Wildman–Crippen LogP) is 4.72. The number of amides is 1. The average molecular weight is 443 g/mol. The number of carbonyl (C=O) groups is 1. The summed E-state index contributed by atoms with van der Waals surface area (Å²) in [6.07, 6.45) is 1.70. The van der Waals surface area contributed by atoms with Gasteiger partial charge >= 0.3 is 0 Å². The highest BCUT2D eigenvalue weighted by atomic mass is 35.5. The summed E-state index contributed by atoms with van der Waals surface area (Å²) in [5, 5.41) is 3.46. The van der Waals surface area contributed by atoms with Crippen molar-refractivity contribution >= 4 is 44.8 Å². The third kappa shape index (κ3) is 5.40. The van der Waals surface area contributed by atoms with Crippen LogP contribution in [0.3, 0.4) is 0 Å². The summed E-state index contributed by atoms with van der Waals surface area (Å²) in [4.78, 5) is 12.9. The van der Waals surface area contributed by atoms with Gasteiger partial charge in [-0.05, 0) is 44.0 Å². The Hall–Kier alpha value is -1.76. The van der Waals surface area contributed by atoms with Crippen LogP contribution in [-0.2, 0) is 14.8 Å². The van der Waals surface area contributed by atoms with Crippen LogP contribution >= 0.6 is 23.2 Å². The molecule has 2 aromatic carbocycles. The Balaban J connectivity index is 2.33. The summed E-state index contributed by atoms with van der Waals surface area (Å²) < 4.78 is 25.9. The third-order valence-electron chi connectivity index (χ3n) is 4.44. The summed E-state index contributed by atoms with van der Waals surface area (Å²) in [6.45, 7) is 5.47. The van der Waals surface area contributed by atoms with E-state index in [4.69, 9.17) is 23.2 Å². The molecule has 0 bridgehead atoms. The molecule has 0 aliphatic carbocycles. The Kier molecular flexibility index (Phi) is 7.37. The van der Waals surface area contributed by atoms with Crippen LogP contribution in [-0.4, -0.2) is 26.6 Å². The normalized spacial score (nSPS) is 13.6. The molecular formula is C20H24Cl2N2O3S. The van der Waals surface area contributed by atoms with Gasteiger partial charge < -0.3 is 5.32 Å². The van der Waals surface area contributed by atoms with Crippen molar-refractivity contribution in [2.75, 3.05) is 10.6 Å². The maximum Gasteiger partial charge on any atom is 0.244 e. The van der Waals surface area contributed by atoms with Crippen molar-refractivity contribution in [1.29, 1.82) is 0 Å². The molecule has 0 radical (unpaired) electrons. The Morgan fingerprint density at radius 2 is 1.75 bits per heavy atom. The molecule has 0 heterocycles. The average Bonchev–Trinajstić information content (AvgIpc) is 2.62. The van der Waals surface area contributed by atoms with Gasteiger partial charge in [0.2, 0.25) is 15.9 Å². The van der Waals surface area contributed by atoms with Gasteiger partial charge in [-0.15, -0.1) is 0 Å². The minimum Gasteiger partial charge on any atom is -0.347 e. The monoisotopic (exact) mass is 442 g/mol. The van der Waals surface area contributed by atoms with E-state index < -0.39 is 22.0 Å². The van der Waals surface area contributed by atoms with E-state index >= 15 is 0 Å². The first-order valence-corrected chi connectivity index (χ1v) is 11.5. The molecule has 1 N–H and O–H groups in total. The van der Waals surface area contributed by atoms with Gasteiger partial charge in [-0.2, -0.15) is 0 Å². The van der Waals surface area contributed by atoms with E-state index in [1.807, 2.05) is 38.1 Å². The van der Waals surface area contributed by atoms with Crippen LogP contribution in [0.4, 0.5) is 5.69 Å². The Morgan fingerprint density at radius 3 is 2.29 bits per heavy atom. The standard InChI is InChI=1S/C20H24Cl2N2O3S/c1-5-18(15-8-6-13(2)7-9-15)23-20(25)14(3)24(28(4,26)27)19-12-16(21)10-11-17(19)22/h6-12,14,18H,5H2,1-4H3,(H,23,25)/t14-,18+/m0/s1. The van der Waals surface area contributed by atoms with Gasteiger partial charge in [-0.1, -0.05) is 60.0 Å². The van der Waals surface area contributed by atoms with E-state index in [1.54, 1.807) is 6.07 Å². The highest BCUT2D eigenvalue weighted by Crippen LogP contribution is 2.32. The predicted molar refractivity (Wildman–Crippen MR) is 116 cm³/mol. The first kappa shape index (κ1) is 22.5. The van der Waals surface area contributed by atoms with Crippen molar-refractivity contribution in [3.8, 4) is 0 Å². The fraction of sp³-hybridized carbons (Fsp3) is 0.350. The van der Waals surface area contributed by atoms with E-state index in [9.17, 15) is 13.2 Å². The number of nitrogens with one attached hydrogen (secondary N) is 1. The maximum absolute atomic E-state index is 12.9. The zero-order valence-electron chi connectivity index (χ0n) is 16.2. The number of hydrogen-bond donors (Lipinski definition) is 1. The molecule has 2 aromatic rings. The number of carbonyl (C=O) groups excluding carboxylic acids is 1. The van der Waals surface area contributed by atoms with Gasteiger partial charge in [0.1, 0.15) is 6.04 Å². The number of sulfonamides is 1. The van der Waals surface area contributed by atoms with E-state index in [1.165, 1.54) is 19.1 Å². The number of benzene rings is 2. The number of aryl methyl sites for hydroxylation is 1. The molecule has 2 rings (SSSR count). The molecule has 28 heavy (non-hydrogen) atoms. The second-order valence-corrected chi connectivity index (χ2v) is 9.41. The molecule has 8 heteroatoms. The summed E-state index contributed by atoms with van der Waals surface area (Å²) >= 11 is 12.2. The van der Waals surface area contributed by atoms with Gasteiger partial charge in [0.15, 0.2) is 0 Å². The molecule has 5 nitrogen and oxygen atoms in total. The largest absolute Gasteiger partial charge is 0.347 e. The van der Waals surface area contributed by atoms with Gasteiger partial charge in [0.25, 0.3) is 0 Å². The summed E-state index contributed by atoms with van der Waals surface area (Å²) in [5.41, 5.74) is 2.25. The number of halogens is 2. The Bertz CT molecular complexity index is 946. The highest BCUT2D eigenvalue weighted by Gasteiger charge is 2.31. The fourth-order valence-corrected chi connectivity index (χ4v) is 4.55. The van der Waals surface area contributed by atoms with Crippen LogP contribution in [0.5, 0.6) is 0 Å². The zero-order chi connectivity index (χ0) is 21.1. The van der Waals surface area contributed by atoms with Crippen molar-refractivity contribution in [3.63, 3.8) is 0 Å². The van der Waals surface area contributed by atoms with Gasteiger partial charge in [-0.3, -0.25) is 9.10 Å². The number of hydrogen-bond acceptors (Lipinski definition) is 3. The fourth-order valence-electron chi connectivity index (χ4n) is 2.95. The number of rotatable bonds is 7. The molecule has 0 unspecified atom stereocenters. The molecule has 0 aromatic heterocycles. The first-order valence-electron chi connectivity index (χ1n) is 8.86. The molecule has 0 saturated heterocycles. The molecular weight excluding hydrogens is 419 g/mol. The lowest BCUT2D eigenvalue weighted by Gasteiger charge is -2.30. The summed E-state index contributed by atoms with van der Waals surface area (Å²) in [6, 6.07) is 11.1. The minimum absolute atomic E-state index is 0.169. The minimum atomic E-state index is -3.78. The molecule has 2 atom stereocenters. The van der Waals surface area contributed by atoms with E-state index in [-0.39, 0.29) is 16.8 Å². The SMILES string of the molecule is CC[C@@H](NC(=O)[C@H](C)N(c1cc(Cl)ccc1Cl)S(C)(=O)=O)c1ccc(C)cc1. The second kappa shape index (κ2) is 9.16. The maximum atomic E-state index is 12.9. The number of nitrogens with zero attached hydrogens (tertiary/aromatic N) is 1. The number of anilines is 1. The second-order valence-electron chi connectivity index (χ2n) is 6.71. The van der Waals surface area contributed by atoms with Crippen LogP contribution in [0.25, 0.3) is 0 Å². The lowest BCUT2D eigenvalue weighted by molar-refractivity contribution is -0.122. The lowest BCUT2D eigenvalue weighted by Crippen LogP contribution is -2.48. The van der Waals surface area contributed by atoms with Crippen LogP contribution in [0.2, 0.25) is 10.0 Å². The smallest absolute Gasteiger partial charge is 0.244 e. The molecule has 0 aliphatic heterocycles. The van der Waals surface area contributed by atoms with Gasteiger partial charge in [0.05, 0.1) is 23.0 Å². The third-order valence-corrected chi connectivity index (χ3v) is 6.22. The molecule has 0 spiro atoms. The van der Waals surface area contributed by atoms with Gasteiger partial charge in [-0.25, -0.2) is 8.42 Å². The topological polar surface area (TPSA) is 66.5 Å². The van der Waals surface area contributed by atoms with Crippen LogP contribution in [0.15, 0.2) is 42.5 Å². The van der Waals surface area contributed by atoms with E-state index in [0.717, 1.165) is 21.7 Å². The van der Waals surface area contributed by atoms with E-state index in [2.05, 4.69) is 5.32 Å². The molecule has 0 saturated carbocycles. The van der Waals surface area contributed by atoms with Crippen LogP contribution in [0, 0.1) is 6.92 Å². The Labute approximate surface area is 176 Å². The van der Waals surface area contributed by atoms with Crippen molar-refractivity contribution in [3.05, 3.63) is 63.6 Å². The molecule has 1 amide bonds. The van der Waals surface area contributed by atoms with Crippen LogP contribution in [0.1, 0.15) is 37.4 Å². The van der Waals surface area contributed by atoms with Crippen molar-refractivity contribution in [2.24, 2.45) is 0 Å². The molecule has 0 aliphatic rings. The van der Waals surface area contributed by atoms with Crippen molar-refractivity contribution < 1.29 is 13.2 Å². The summed E-state index contributed by atoms with van der Waals surface area (Å²) in [7, 11) is -3.78. The van der Waals surface area contributed by atoms with Crippen molar-refractivity contribution in [1.82, 2.24) is 5.32 Å². The highest BCUT2D eigenvalue weighted by molar-refractivity contribution is 7.92. The Morgan fingerprint density at radius 1 is 1.14 bits per heavy atom. The molecule has 152 valence electrons.